The SMILES string of the molecule is Cc1cnc2ccc(C(=O)c3c(F)c(F)cc(OCc4ccccc4)c3F)cc2n1. The smallest absolute Gasteiger partial charge is 0.199 e. The Labute approximate surface area is 170 Å². The lowest BCUT2D eigenvalue weighted by molar-refractivity contribution is 0.102. The van der Waals surface area contributed by atoms with Gasteiger partial charge in [-0.15, -0.1) is 0 Å². The van der Waals surface area contributed by atoms with Crippen LogP contribution >= 0.6 is 0 Å². The van der Waals surface area contributed by atoms with Gasteiger partial charge in [0.05, 0.1) is 16.7 Å². The van der Waals surface area contributed by atoms with Gasteiger partial charge >= 0.3 is 0 Å². The minimum Gasteiger partial charge on any atom is -0.486 e. The largest absolute Gasteiger partial charge is 0.486 e. The minimum atomic E-state index is -1.57. The second kappa shape index (κ2) is 7.94. The third-order valence-corrected chi connectivity index (χ3v) is 4.51. The summed E-state index contributed by atoms with van der Waals surface area (Å²) in [4.78, 5) is 21.3. The van der Waals surface area contributed by atoms with Gasteiger partial charge in [-0.05, 0) is 30.7 Å². The topological polar surface area (TPSA) is 52.1 Å². The van der Waals surface area contributed by atoms with E-state index in [0.717, 1.165) is 0 Å². The predicted molar refractivity (Wildman–Crippen MR) is 105 cm³/mol. The van der Waals surface area contributed by atoms with Crippen molar-refractivity contribution in [3.05, 3.63) is 101 Å². The van der Waals surface area contributed by atoms with Crippen molar-refractivity contribution in [2.45, 2.75) is 13.5 Å². The molecule has 3 aromatic carbocycles. The highest BCUT2D eigenvalue weighted by molar-refractivity contribution is 6.10. The molecule has 0 amide bonds. The van der Waals surface area contributed by atoms with Crippen LogP contribution in [0.1, 0.15) is 27.2 Å². The Morgan fingerprint density at radius 3 is 2.50 bits per heavy atom. The third kappa shape index (κ3) is 3.74. The molecule has 4 aromatic rings. The zero-order valence-electron chi connectivity index (χ0n) is 15.8. The quantitative estimate of drug-likeness (QED) is 0.338. The maximum atomic E-state index is 14.9. The first-order chi connectivity index (χ1) is 14.4. The maximum Gasteiger partial charge on any atom is 0.199 e. The van der Waals surface area contributed by atoms with Crippen LogP contribution in [0.2, 0.25) is 0 Å². The second-order valence-electron chi connectivity index (χ2n) is 6.68. The zero-order valence-corrected chi connectivity index (χ0v) is 15.8. The summed E-state index contributed by atoms with van der Waals surface area (Å²) >= 11 is 0. The van der Waals surface area contributed by atoms with Gasteiger partial charge in [-0.2, -0.15) is 0 Å². The van der Waals surface area contributed by atoms with Gasteiger partial charge < -0.3 is 4.74 Å². The van der Waals surface area contributed by atoms with Crippen molar-refractivity contribution in [2.24, 2.45) is 0 Å². The number of ether oxygens (including phenoxy) is 1. The van der Waals surface area contributed by atoms with Crippen molar-refractivity contribution in [1.29, 1.82) is 0 Å². The Bertz CT molecular complexity index is 1260. The van der Waals surface area contributed by atoms with Crippen LogP contribution in [0.5, 0.6) is 5.75 Å². The van der Waals surface area contributed by atoms with E-state index in [0.29, 0.717) is 28.4 Å². The van der Waals surface area contributed by atoms with E-state index in [1.54, 1.807) is 43.5 Å². The molecule has 0 saturated carbocycles. The highest BCUT2D eigenvalue weighted by Gasteiger charge is 2.26. The number of aromatic nitrogens is 2. The van der Waals surface area contributed by atoms with Crippen molar-refractivity contribution in [1.82, 2.24) is 9.97 Å². The van der Waals surface area contributed by atoms with Crippen molar-refractivity contribution in [3.8, 4) is 5.75 Å². The van der Waals surface area contributed by atoms with E-state index in [2.05, 4.69) is 9.97 Å². The average Bonchev–Trinajstić information content (AvgIpc) is 2.75. The Balaban J connectivity index is 1.72. The molecule has 0 aliphatic carbocycles. The fourth-order valence-electron chi connectivity index (χ4n) is 3.01. The summed E-state index contributed by atoms with van der Waals surface area (Å²) in [6.07, 6.45) is 1.56. The number of carbonyl (C=O) groups excluding carboxylic acids is 1. The summed E-state index contributed by atoms with van der Waals surface area (Å²) < 4.78 is 48.8. The summed E-state index contributed by atoms with van der Waals surface area (Å²) in [6, 6.07) is 13.6. The number of carbonyl (C=O) groups is 1. The molecule has 0 bridgehead atoms. The molecule has 30 heavy (non-hydrogen) atoms. The molecule has 7 heteroatoms. The van der Waals surface area contributed by atoms with E-state index in [4.69, 9.17) is 4.74 Å². The number of aryl methyl sites for hydroxylation is 1. The van der Waals surface area contributed by atoms with E-state index in [9.17, 15) is 18.0 Å². The van der Waals surface area contributed by atoms with Crippen molar-refractivity contribution in [2.75, 3.05) is 0 Å². The molecule has 0 radical (unpaired) electrons. The standard InChI is InChI=1S/C23H15F3N2O2/c1-13-11-27-17-8-7-15(9-18(17)28-13)23(29)20-21(25)16(24)10-19(22(20)26)30-12-14-5-3-2-4-6-14/h2-11H,12H2,1H3. The van der Waals surface area contributed by atoms with E-state index < -0.39 is 34.5 Å². The molecule has 0 N–H and O–H groups in total. The van der Waals surface area contributed by atoms with Gasteiger partial charge in [0.2, 0.25) is 0 Å². The van der Waals surface area contributed by atoms with E-state index >= 15 is 0 Å². The molecule has 150 valence electrons. The van der Waals surface area contributed by atoms with Crippen LogP contribution in [-0.2, 0) is 6.61 Å². The monoisotopic (exact) mass is 408 g/mol. The molecule has 0 aliphatic heterocycles. The van der Waals surface area contributed by atoms with Gasteiger partial charge in [-0.25, -0.2) is 18.2 Å². The maximum absolute atomic E-state index is 14.9. The fourth-order valence-corrected chi connectivity index (χ4v) is 3.01. The number of hydrogen-bond donors (Lipinski definition) is 0. The lowest BCUT2D eigenvalue weighted by Gasteiger charge is -2.12. The lowest BCUT2D eigenvalue weighted by Crippen LogP contribution is -2.11. The molecule has 4 nitrogen and oxygen atoms in total. The highest BCUT2D eigenvalue weighted by atomic mass is 19.2. The fraction of sp³-hybridized carbons (Fsp3) is 0.0870. The van der Waals surface area contributed by atoms with Crippen molar-refractivity contribution < 1.29 is 22.7 Å². The molecular formula is C23H15F3N2O2. The Hall–Kier alpha value is -3.74. The van der Waals surface area contributed by atoms with Gasteiger partial charge in [0.25, 0.3) is 0 Å². The van der Waals surface area contributed by atoms with Crippen molar-refractivity contribution >= 4 is 16.8 Å². The van der Waals surface area contributed by atoms with Gasteiger partial charge in [0.1, 0.15) is 12.2 Å². The summed E-state index contributed by atoms with van der Waals surface area (Å²) in [5.74, 6) is -5.76. The number of rotatable bonds is 5. The third-order valence-electron chi connectivity index (χ3n) is 4.51. The second-order valence-corrected chi connectivity index (χ2v) is 6.68. The van der Waals surface area contributed by atoms with Crippen LogP contribution in [0.4, 0.5) is 13.2 Å². The molecule has 0 spiro atoms. The number of halogens is 3. The number of nitrogens with zero attached hydrogens (tertiary/aromatic N) is 2. The number of hydrogen-bond acceptors (Lipinski definition) is 4. The molecule has 0 unspecified atom stereocenters. The lowest BCUT2D eigenvalue weighted by atomic mass is 10.0. The van der Waals surface area contributed by atoms with Crippen LogP contribution in [-0.4, -0.2) is 15.8 Å². The van der Waals surface area contributed by atoms with Crippen LogP contribution in [0, 0.1) is 24.4 Å². The molecular weight excluding hydrogens is 393 g/mol. The van der Waals surface area contributed by atoms with Crippen LogP contribution in [0.25, 0.3) is 11.0 Å². The van der Waals surface area contributed by atoms with E-state index in [-0.39, 0.29) is 12.2 Å². The highest BCUT2D eigenvalue weighted by Crippen LogP contribution is 2.29. The molecule has 0 aliphatic rings. The summed E-state index contributed by atoms with van der Waals surface area (Å²) in [5, 5.41) is 0. The van der Waals surface area contributed by atoms with Gasteiger partial charge in [0.15, 0.2) is 29.0 Å². The Morgan fingerprint density at radius 1 is 0.967 bits per heavy atom. The Morgan fingerprint density at radius 2 is 1.73 bits per heavy atom. The Kier molecular flexibility index (Phi) is 5.18. The first-order valence-electron chi connectivity index (χ1n) is 9.06. The number of ketones is 1. The van der Waals surface area contributed by atoms with Crippen LogP contribution in [0.15, 0.2) is 60.8 Å². The van der Waals surface area contributed by atoms with E-state index in [1.807, 2.05) is 0 Å². The summed E-state index contributed by atoms with van der Waals surface area (Å²) in [5.41, 5.74) is 1.17. The molecule has 0 saturated heterocycles. The molecule has 4 rings (SSSR count). The van der Waals surface area contributed by atoms with Crippen LogP contribution < -0.4 is 4.74 Å². The molecule has 0 fully saturated rings. The molecule has 1 heterocycles. The zero-order chi connectivity index (χ0) is 21.3. The normalized spacial score (nSPS) is 10.9. The van der Waals surface area contributed by atoms with Gasteiger partial charge in [0, 0.05) is 17.8 Å². The van der Waals surface area contributed by atoms with Crippen LogP contribution in [0.3, 0.4) is 0 Å². The number of fused-ring (bicyclic) bond motifs is 1. The minimum absolute atomic E-state index is 0.0418. The summed E-state index contributed by atoms with van der Waals surface area (Å²) in [7, 11) is 0. The van der Waals surface area contributed by atoms with Gasteiger partial charge in [-0.3, -0.25) is 9.78 Å². The average molecular weight is 408 g/mol. The van der Waals surface area contributed by atoms with Crippen molar-refractivity contribution in [3.63, 3.8) is 0 Å². The summed E-state index contributed by atoms with van der Waals surface area (Å²) in [6.45, 7) is 1.66. The number of benzene rings is 3. The predicted octanol–water partition coefficient (Wildman–Crippen LogP) is 5.17. The van der Waals surface area contributed by atoms with E-state index in [1.165, 1.54) is 18.2 Å². The molecule has 0 atom stereocenters. The first-order valence-corrected chi connectivity index (χ1v) is 9.06. The molecule has 1 aromatic heterocycles. The first kappa shape index (κ1) is 19.6. The van der Waals surface area contributed by atoms with Gasteiger partial charge in [-0.1, -0.05) is 30.3 Å².